The summed E-state index contributed by atoms with van der Waals surface area (Å²) in [6.45, 7) is 8.68. The Bertz CT molecular complexity index is 1370. The second kappa shape index (κ2) is 10.5. The van der Waals surface area contributed by atoms with Gasteiger partial charge in [0.2, 0.25) is 0 Å². The zero-order chi connectivity index (χ0) is 30.2. The summed E-state index contributed by atoms with van der Waals surface area (Å²) in [6, 6.07) is 15.3. The second-order valence-electron chi connectivity index (χ2n) is 16.8. The van der Waals surface area contributed by atoms with Crippen molar-refractivity contribution in [3.8, 4) is 0 Å². The van der Waals surface area contributed by atoms with E-state index >= 15 is 0 Å². The van der Waals surface area contributed by atoms with Gasteiger partial charge in [0.05, 0.1) is 0 Å². The molecule has 0 aliphatic heterocycles. The first-order valence-corrected chi connectivity index (χ1v) is 18.2. The molecule has 2 aromatic rings. The molecule has 8 fully saturated rings. The summed E-state index contributed by atoms with van der Waals surface area (Å²) in [5.74, 6) is 3.88. The third-order valence-electron chi connectivity index (χ3n) is 13.8. The summed E-state index contributed by atoms with van der Waals surface area (Å²) in [7, 11) is 0. The van der Waals surface area contributed by atoms with Gasteiger partial charge in [-0.05, 0) is 196 Å². The van der Waals surface area contributed by atoms with E-state index in [-0.39, 0.29) is 10.8 Å². The van der Waals surface area contributed by atoms with Gasteiger partial charge in [0.15, 0.2) is 0 Å². The molecule has 8 aliphatic carbocycles. The van der Waals surface area contributed by atoms with Gasteiger partial charge < -0.3 is 0 Å². The molecule has 0 N–H and O–H groups in total. The van der Waals surface area contributed by atoms with Crippen molar-refractivity contribution in [2.24, 2.45) is 34.5 Å². The Hall–Kier alpha value is -2.60. The van der Waals surface area contributed by atoms with Crippen molar-refractivity contribution >= 4 is 24.3 Å². The van der Waals surface area contributed by atoms with Crippen LogP contribution in [0.3, 0.4) is 0 Å². The van der Waals surface area contributed by atoms with Crippen LogP contribution in [0.1, 0.15) is 138 Å². The number of rotatable bonds is 7. The Morgan fingerprint density at radius 3 is 1.16 bits per heavy atom. The van der Waals surface area contributed by atoms with Crippen LogP contribution < -0.4 is 0 Å². The van der Waals surface area contributed by atoms with Gasteiger partial charge in [-0.15, -0.1) is 0 Å². The maximum absolute atomic E-state index is 2.61. The van der Waals surface area contributed by atoms with Gasteiger partial charge in [-0.2, -0.15) is 0 Å². The highest BCUT2D eigenvalue weighted by atomic mass is 14.7. The zero-order valence-corrected chi connectivity index (χ0v) is 27.9. The lowest BCUT2D eigenvalue weighted by Gasteiger charge is -2.75. The molecule has 2 unspecified atom stereocenters. The minimum Gasteiger partial charge on any atom is -0.0871 e. The van der Waals surface area contributed by atoms with Crippen molar-refractivity contribution in [2.45, 2.75) is 116 Å². The SMILES string of the molecule is C/C=C\c1cc(/C=C\C)cc(C23CC4CC(c5cc(/C=C\C)cc(/C=C\C)c5)(C2)CC(C25CC6CC(CC(C6)C2)C5)(C4)C3)c1. The molecular weight excluding hydrogens is 528 g/mol. The van der Waals surface area contributed by atoms with E-state index in [4.69, 9.17) is 0 Å². The van der Waals surface area contributed by atoms with E-state index in [1.165, 1.54) is 60.8 Å². The first kappa shape index (κ1) is 28.8. The van der Waals surface area contributed by atoms with Crippen LogP contribution in [-0.4, -0.2) is 0 Å². The lowest BCUT2D eigenvalue weighted by molar-refractivity contribution is -0.213. The van der Waals surface area contributed by atoms with Crippen molar-refractivity contribution in [3.63, 3.8) is 0 Å². The molecule has 2 aromatic carbocycles. The number of hydrogen-bond donors (Lipinski definition) is 0. The molecule has 10 rings (SSSR count). The van der Waals surface area contributed by atoms with E-state index in [2.05, 4.69) is 113 Å². The van der Waals surface area contributed by atoms with Crippen LogP contribution in [0.2, 0.25) is 0 Å². The average Bonchev–Trinajstić information content (AvgIpc) is 2.96. The van der Waals surface area contributed by atoms with Gasteiger partial charge >= 0.3 is 0 Å². The van der Waals surface area contributed by atoms with Crippen molar-refractivity contribution < 1.29 is 0 Å². The van der Waals surface area contributed by atoms with E-state index in [9.17, 15) is 0 Å². The van der Waals surface area contributed by atoms with Crippen LogP contribution in [0.5, 0.6) is 0 Å². The summed E-state index contributed by atoms with van der Waals surface area (Å²) >= 11 is 0. The van der Waals surface area contributed by atoms with Gasteiger partial charge in [-0.25, -0.2) is 0 Å². The zero-order valence-electron chi connectivity index (χ0n) is 27.9. The smallest absolute Gasteiger partial charge is 0.00299 e. The van der Waals surface area contributed by atoms with Crippen LogP contribution in [0, 0.1) is 34.5 Å². The van der Waals surface area contributed by atoms with Crippen LogP contribution in [-0.2, 0) is 10.8 Å². The molecule has 0 nitrogen and oxygen atoms in total. The maximum Gasteiger partial charge on any atom is -0.00299 e. The van der Waals surface area contributed by atoms with Crippen LogP contribution in [0.4, 0.5) is 0 Å². The molecule has 0 aromatic heterocycles. The fourth-order valence-electron chi connectivity index (χ4n) is 13.6. The minimum absolute atomic E-state index is 0.272. The third kappa shape index (κ3) is 4.44. The highest BCUT2D eigenvalue weighted by Gasteiger charge is 2.71. The molecule has 230 valence electrons. The van der Waals surface area contributed by atoms with Gasteiger partial charge in [-0.3, -0.25) is 0 Å². The van der Waals surface area contributed by atoms with Gasteiger partial charge in [-0.1, -0.05) is 72.9 Å². The van der Waals surface area contributed by atoms with Crippen molar-refractivity contribution in [3.05, 3.63) is 94.1 Å². The highest BCUT2D eigenvalue weighted by molar-refractivity contribution is 5.62. The second-order valence-corrected chi connectivity index (χ2v) is 16.8. The first-order chi connectivity index (χ1) is 21.3. The fourth-order valence-corrected chi connectivity index (χ4v) is 13.6. The molecule has 0 saturated heterocycles. The largest absolute Gasteiger partial charge is 0.0871 e. The fraction of sp³-hybridized carbons (Fsp3) is 0.545. The lowest BCUT2D eigenvalue weighted by Crippen LogP contribution is -2.67. The summed E-state index contributed by atoms with van der Waals surface area (Å²) in [4.78, 5) is 0. The Balaban J connectivity index is 1.33. The van der Waals surface area contributed by atoms with Crippen LogP contribution in [0.15, 0.2) is 60.7 Å². The van der Waals surface area contributed by atoms with E-state index in [0.29, 0.717) is 10.8 Å². The number of hydrogen-bond acceptors (Lipinski definition) is 0. The molecule has 2 atom stereocenters. The first-order valence-electron chi connectivity index (χ1n) is 18.2. The molecular formula is C44H54. The van der Waals surface area contributed by atoms with Crippen molar-refractivity contribution in [1.82, 2.24) is 0 Å². The third-order valence-corrected chi connectivity index (χ3v) is 13.8. The van der Waals surface area contributed by atoms with Gasteiger partial charge in [0, 0.05) is 0 Å². The predicted octanol–water partition coefficient (Wildman–Crippen LogP) is 12.2. The Labute approximate surface area is 267 Å². The van der Waals surface area contributed by atoms with Crippen LogP contribution in [0.25, 0.3) is 24.3 Å². The normalized spacial score (nSPS) is 40.5. The molecule has 8 saturated carbocycles. The Morgan fingerprint density at radius 2 is 0.795 bits per heavy atom. The quantitative estimate of drug-likeness (QED) is 0.305. The van der Waals surface area contributed by atoms with Crippen LogP contribution >= 0.6 is 0 Å². The number of benzene rings is 2. The lowest BCUT2D eigenvalue weighted by atomic mass is 9.29. The summed E-state index contributed by atoms with van der Waals surface area (Å²) in [5, 5.41) is 0. The van der Waals surface area contributed by atoms with E-state index in [0.717, 1.165) is 23.7 Å². The Morgan fingerprint density at radius 1 is 0.432 bits per heavy atom. The van der Waals surface area contributed by atoms with Crippen molar-refractivity contribution in [1.29, 1.82) is 0 Å². The average molecular weight is 583 g/mol. The standard InChI is InChI=1S/C44H54/c1-5-9-31-13-32(10-6-2)19-39(18-31)41-22-38-23-42(28-41,40-20-33(11-7-3)14-34(21-40)12-8-4)30-44(27-38,29-41)43-24-35-15-36(25-43)17-37(16-35)26-43/h5-14,18-21,35-38H,15-17,22-30H2,1-4H3/b9-5-,10-6-,11-7-,12-8-. The monoisotopic (exact) mass is 582 g/mol. The molecule has 0 heterocycles. The van der Waals surface area contributed by atoms with E-state index < -0.39 is 0 Å². The predicted molar refractivity (Wildman–Crippen MR) is 189 cm³/mol. The van der Waals surface area contributed by atoms with Gasteiger partial charge in [0.25, 0.3) is 0 Å². The topological polar surface area (TPSA) is 0 Å². The molecule has 8 aliphatic rings. The summed E-state index contributed by atoms with van der Waals surface area (Å²) in [6.07, 6.45) is 36.1. The molecule has 44 heavy (non-hydrogen) atoms. The number of allylic oxidation sites excluding steroid dienone is 4. The Kier molecular flexibility index (Phi) is 6.86. The van der Waals surface area contributed by atoms with Crippen molar-refractivity contribution in [2.75, 3.05) is 0 Å². The van der Waals surface area contributed by atoms with E-state index in [1.54, 1.807) is 49.7 Å². The van der Waals surface area contributed by atoms with E-state index in [1.807, 2.05) is 0 Å². The summed E-state index contributed by atoms with van der Waals surface area (Å²) < 4.78 is 0. The highest BCUT2D eigenvalue weighted by Crippen LogP contribution is 2.79. The molecule has 0 radical (unpaired) electrons. The molecule has 0 amide bonds. The molecule has 8 bridgehead atoms. The minimum atomic E-state index is 0.272. The summed E-state index contributed by atoms with van der Waals surface area (Å²) in [5.41, 5.74) is 10.5. The van der Waals surface area contributed by atoms with Gasteiger partial charge in [0.1, 0.15) is 0 Å². The molecule has 0 spiro atoms. The molecule has 0 heteroatoms. The maximum atomic E-state index is 2.61.